The van der Waals surface area contributed by atoms with Crippen LogP contribution in [0.2, 0.25) is 0 Å². The highest BCUT2D eigenvalue weighted by molar-refractivity contribution is 5.82. The fourth-order valence-corrected chi connectivity index (χ4v) is 2.43. The van der Waals surface area contributed by atoms with Gasteiger partial charge in [-0.15, -0.1) is 0 Å². The SMILES string of the molecule is O=C(NCc1cccc(COCC(F)(F)F)c1)[C@@H]1CC[C@H](C(=O)O)O1. The number of alkyl halides is 3. The summed E-state index contributed by atoms with van der Waals surface area (Å²) in [6, 6.07) is 6.62. The summed E-state index contributed by atoms with van der Waals surface area (Å²) in [5, 5.41) is 11.5. The second-order valence-corrected chi connectivity index (χ2v) is 5.67. The highest BCUT2D eigenvalue weighted by Crippen LogP contribution is 2.20. The fourth-order valence-electron chi connectivity index (χ4n) is 2.43. The zero-order valence-electron chi connectivity index (χ0n) is 13.2. The molecule has 1 amide bonds. The molecule has 1 saturated heterocycles. The van der Waals surface area contributed by atoms with E-state index in [0.29, 0.717) is 17.5 Å². The van der Waals surface area contributed by atoms with E-state index in [1.807, 2.05) is 0 Å². The summed E-state index contributed by atoms with van der Waals surface area (Å²) >= 11 is 0. The molecule has 2 N–H and O–H groups in total. The lowest BCUT2D eigenvalue weighted by Gasteiger charge is -2.12. The molecule has 1 fully saturated rings. The molecule has 9 heteroatoms. The molecule has 0 aromatic heterocycles. The van der Waals surface area contributed by atoms with E-state index in [-0.39, 0.29) is 19.6 Å². The van der Waals surface area contributed by atoms with E-state index in [4.69, 9.17) is 9.84 Å². The minimum atomic E-state index is -4.37. The largest absolute Gasteiger partial charge is 0.479 e. The molecule has 1 aromatic rings. The molecule has 0 saturated carbocycles. The average molecular weight is 361 g/mol. The number of hydrogen-bond donors (Lipinski definition) is 2. The van der Waals surface area contributed by atoms with Crippen LogP contribution in [0.1, 0.15) is 24.0 Å². The Kier molecular flexibility index (Phi) is 6.38. The number of carbonyl (C=O) groups is 2. The van der Waals surface area contributed by atoms with Gasteiger partial charge in [0.25, 0.3) is 0 Å². The van der Waals surface area contributed by atoms with Gasteiger partial charge in [0.15, 0.2) is 6.10 Å². The van der Waals surface area contributed by atoms with E-state index >= 15 is 0 Å². The Labute approximate surface area is 141 Å². The van der Waals surface area contributed by atoms with Crippen LogP contribution in [0.5, 0.6) is 0 Å². The van der Waals surface area contributed by atoms with Gasteiger partial charge in [0, 0.05) is 6.54 Å². The van der Waals surface area contributed by atoms with Gasteiger partial charge in [-0.1, -0.05) is 24.3 Å². The molecule has 1 heterocycles. The zero-order chi connectivity index (χ0) is 18.4. The van der Waals surface area contributed by atoms with Crippen molar-refractivity contribution in [2.24, 2.45) is 0 Å². The van der Waals surface area contributed by atoms with E-state index < -0.39 is 36.9 Å². The summed E-state index contributed by atoms with van der Waals surface area (Å²) in [4.78, 5) is 22.8. The molecule has 0 aliphatic carbocycles. The van der Waals surface area contributed by atoms with Gasteiger partial charge in [0.1, 0.15) is 12.7 Å². The highest BCUT2D eigenvalue weighted by Gasteiger charge is 2.34. The van der Waals surface area contributed by atoms with E-state index in [2.05, 4.69) is 10.1 Å². The first-order valence-corrected chi connectivity index (χ1v) is 7.63. The van der Waals surface area contributed by atoms with Crippen LogP contribution in [0.25, 0.3) is 0 Å². The first kappa shape index (κ1) is 19.2. The predicted octanol–water partition coefficient (Wildman–Crippen LogP) is 2.01. The topological polar surface area (TPSA) is 84.9 Å². The molecule has 25 heavy (non-hydrogen) atoms. The number of amides is 1. The third-order valence-corrected chi connectivity index (χ3v) is 3.58. The van der Waals surface area contributed by atoms with Gasteiger partial charge in [-0.3, -0.25) is 4.79 Å². The number of nitrogens with one attached hydrogen (secondary N) is 1. The molecule has 0 spiro atoms. The number of benzene rings is 1. The molecule has 2 rings (SSSR count). The van der Waals surface area contributed by atoms with Gasteiger partial charge in [-0.25, -0.2) is 4.79 Å². The number of hydrogen-bond acceptors (Lipinski definition) is 4. The van der Waals surface area contributed by atoms with Gasteiger partial charge in [0.05, 0.1) is 6.61 Å². The van der Waals surface area contributed by atoms with Crippen LogP contribution in [-0.2, 0) is 32.2 Å². The predicted molar refractivity (Wildman–Crippen MR) is 79.5 cm³/mol. The number of ether oxygens (including phenoxy) is 2. The summed E-state index contributed by atoms with van der Waals surface area (Å²) < 4.78 is 45.9. The molecule has 1 aromatic carbocycles. The smallest absolute Gasteiger partial charge is 0.411 e. The Bertz CT molecular complexity index is 620. The summed E-state index contributed by atoms with van der Waals surface area (Å²) in [5.41, 5.74) is 1.24. The second-order valence-electron chi connectivity index (χ2n) is 5.67. The Morgan fingerprint density at radius 1 is 1.24 bits per heavy atom. The van der Waals surface area contributed by atoms with Crippen molar-refractivity contribution in [3.8, 4) is 0 Å². The van der Waals surface area contributed by atoms with Crippen molar-refractivity contribution in [3.05, 3.63) is 35.4 Å². The summed E-state index contributed by atoms with van der Waals surface area (Å²) in [6.07, 6.45) is -5.54. The third-order valence-electron chi connectivity index (χ3n) is 3.58. The Balaban J connectivity index is 1.80. The van der Waals surface area contributed by atoms with E-state index in [1.54, 1.807) is 24.3 Å². The summed E-state index contributed by atoms with van der Waals surface area (Å²) in [5.74, 6) is -1.51. The molecule has 2 atom stereocenters. The van der Waals surface area contributed by atoms with Crippen molar-refractivity contribution < 1.29 is 37.3 Å². The minimum absolute atomic E-state index is 0.156. The first-order valence-electron chi connectivity index (χ1n) is 7.63. The summed E-state index contributed by atoms with van der Waals surface area (Å²) in [7, 11) is 0. The van der Waals surface area contributed by atoms with Crippen molar-refractivity contribution in [3.63, 3.8) is 0 Å². The van der Waals surface area contributed by atoms with Crippen molar-refractivity contribution in [1.82, 2.24) is 5.32 Å². The van der Waals surface area contributed by atoms with E-state index in [9.17, 15) is 22.8 Å². The van der Waals surface area contributed by atoms with E-state index in [0.717, 1.165) is 0 Å². The monoisotopic (exact) mass is 361 g/mol. The van der Waals surface area contributed by atoms with E-state index in [1.165, 1.54) is 0 Å². The molecule has 0 radical (unpaired) electrons. The second kappa shape index (κ2) is 8.30. The molecule has 138 valence electrons. The highest BCUT2D eigenvalue weighted by atomic mass is 19.4. The van der Waals surface area contributed by atoms with Crippen LogP contribution in [0.3, 0.4) is 0 Å². The average Bonchev–Trinajstić information content (AvgIpc) is 3.02. The molecular formula is C16H18F3NO5. The van der Waals surface area contributed by atoms with Gasteiger partial charge in [-0.05, 0) is 24.0 Å². The minimum Gasteiger partial charge on any atom is -0.479 e. The summed E-state index contributed by atoms with van der Waals surface area (Å²) in [6.45, 7) is -1.35. The number of carboxylic acid groups (broad SMARTS) is 1. The Morgan fingerprint density at radius 2 is 1.92 bits per heavy atom. The molecule has 1 aliphatic heterocycles. The van der Waals surface area contributed by atoms with Crippen molar-refractivity contribution in [1.29, 1.82) is 0 Å². The zero-order valence-corrected chi connectivity index (χ0v) is 13.2. The lowest BCUT2D eigenvalue weighted by atomic mass is 10.1. The van der Waals surface area contributed by atoms with Gasteiger partial charge in [-0.2, -0.15) is 13.2 Å². The number of carbonyl (C=O) groups excluding carboxylic acids is 1. The molecule has 0 bridgehead atoms. The van der Waals surface area contributed by atoms with Crippen LogP contribution in [-0.4, -0.2) is 42.0 Å². The number of aliphatic carboxylic acids is 1. The van der Waals surface area contributed by atoms with Crippen LogP contribution in [0.4, 0.5) is 13.2 Å². The maximum Gasteiger partial charge on any atom is 0.411 e. The Morgan fingerprint density at radius 3 is 2.56 bits per heavy atom. The Hall–Kier alpha value is -2.13. The van der Waals surface area contributed by atoms with Crippen LogP contribution >= 0.6 is 0 Å². The maximum absolute atomic E-state index is 12.1. The molecule has 0 unspecified atom stereocenters. The normalized spacial score (nSPS) is 20.4. The first-order chi connectivity index (χ1) is 11.7. The standard InChI is InChI=1S/C16H18F3NO5/c17-16(18,19)9-24-8-11-3-1-2-10(6-11)7-20-14(21)12-4-5-13(25-12)15(22)23/h1-3,6,12-13H,4-5,7-9H2,(H,20,21)(H,22,23)/t12-,13+/m0/s1. The molecular weight excluding hydrogens is 343 g/mol. The number of carboxylic acids is 1. The van der Waals surface area contributed by atoms with Crippen LogP contribution in [0, 0.1) is 0 Å². The van der Waals surface area contributed by atoms with Gasteiger partial charge in [0.2, 0.25) is 5.91 Å². The number of halogens is 3. The maximum atomic E-state index is 12.1. The lowest BCUT2D eigenvalue weighted by Crippen LogP contribution is -2.35. The fraction of sp³-hybridized carbons (Fsp3) is 0.500. The molecule has 1 aliphatic rings. The number of rotatable bonds is 7. The lowest BCUT2D eigenvalue weighted by molar-refractivity contribution is -0.176. The quantitative estimate of drug-likeness (QED) is 0.776. The third kappa shape index (κ3) is 6.35. The van der Waals surface area contributed by atoms with Gasteiger partial charge < -0.3 is 19.9 Å². The van der Waals surface area contributed by atoms with Gasteiger partial charge >= 0.3 is 12.1 Å². The van der Waals surface area contributed by atoms with Crippen molar-refractivity contribution in [2.45, 2.75) is 44.4 Å². The van der Waals surface area contributed by atoms with Crippen molar-refractivity contribution in [2.75, 3.05) is 6.61 Å². The van der Waals surface area contributed by atoms with Crippen molar-refractivity contribution >= 4 is 11.9 Å². The van der Waals surface area contributed by atoms with Crippen LogP contribution < -0.4 is 5.32 Å². The van der Waals surface area contributed by atoms with Crippen LogP contribution in [0.15, 0.2) is 24.3 Å². The molecule has 6 nitrogen and oxygen atoms in total.